The SMILES string of the molecule is Cc1nc(-c2cnc(C(F)(F)F)s2)ccc1N. The van der Waals surface area contributed by atoms with Gasteiger partial charge in [0.2, 0.25) is 0 Å². The molecule has 2 aromatic heterocycles. The molecule has 2 N–H and O–H groups in total. The van der Waals surface area contributed by atoms with E-state index in [-0.39, 0.29) is 0 Å². The highest BCUT2D eigenvalue weighted by atomic mass is 32.1. The average molecular weight is 259 g/mol. The monoisotopic (exact) mass is 259 g/mol. The van der Waals surface area contributed by atoms with Crippen molar-refractivity contribution in [1.29, 1.82) is 0 Å². The molecule has 0 aromatic carbocycles. The minimum atomic E-state index is -4.41. The molecule has 7 heteroatoms. The minimum Gasteiger partial charge on any atom is -0.397 e. The van der Waals surface area contributed by atoms with Crippen molar-refractivity contribution >= 4 is 17.0 Å². The quantitative estimate of drug-likeness (QED) is 0.856. The summed E-state index contributed by atoms with van der Waals surface area (Å²) >= 11 is 0.568. The van der Waals surface area contributed by atoms with Crippen molar-refractivity contribution in [3.63, 3.8) is 0 Å². The van der Waals surface area contributed by atoms with Gasteiger partial charge < -0.3 is 5.73 Å². The topological polar surface area (TPSA) is 51.8 Å². The van der Waals surface area contributed by atoms with Gasteiger partial charge in [-0.15, -0.1) is 11.3 Å². The third-order valence-electron chi connectivity index (χ3n) is 2.13. The van der Waals surface area contributed by atoms with Crippen molar-refractivity contribution in [1.82, 2.24) is 9.97 Å². The number of nitrogens with two attached hydrogens (primary N) is 1. The number of nitrogens with zero attached hydrogens (tertiary/aromatic N) is 2. The lowest BCUT2D eigenvalue weighted by Crippen LogP contribution is -2.02. The lowest BCUT2D eigenvalue weighted by atomic mass is 10.2. The molecule has 3 nitrogen and oxygen atoms in total. The number of anilines is 1. The lowest BCUT2D eigenvalue weighted by Gasteiger charge is -2.01. The van der Waals surface area contributed by atoms with Gasteiger partial charge in [0.1, 0.15) is 0 Å². The minimum absolute atomic E-state index is 0.375. The zero-order valence-electron chi connectivity index (χ0n) is 8.75. The summed E-state index contributed by atoms with van der Waals surface area (Å²) in [7, 11) is 0. The number of alkyl halides is 3. The van der Waals surface area contributed by atoms with Crippen molar-refractivity contribution in [2.75, 3.05) is 5.73 Å². The highest BCUT2D eigenvalue weighted by Crippen LogP contribution is 2.35. The molecule has 90 valence electrons. The summed E-state index contributed by atoms with van der Waals surface area (Å²) in [6.45, 7) is 1.70. The largest absolute Gasteiger partial charge is 0.443 e. The van der Waals surface area contributed by atoms with Crippen LogP contribution < -0.4 is 5.73 Å². The molecule has 0 bridgehead atoms. The second-order valence-electron chi connectivity index (χ2n) is 3.40. The van der Waals surface area contributed by atoms with Crippen LogP contribution in [0.2, 0.25) is 0 Å². The normalized spacial score (nSPS) is 11.8. The second-order valence-corrected chi connectivity index (χ2v) is 4.43. The second kappa shape index (κ2) is 3.99. The number of nitrogen functional groups attached to an aromatic ring is 1. The summed E-state index contributed by atoms with van der Waals surface area (Å²) in [6.07, 6.45) is -3.24. The third-order valence-corrected chi connectivity index (χ3v) is 3.19. The fourth-order valence-corrected chi connectivity index (χ4v) is 1.99. The lowest BCUT2D eigenvalue weighted by molar-refractivity contribution is -0.137. The van der Waals surface area contributed by atoms with E-state index in [1.807, 2.05) is 0 Å². The molecule has 0 atom stereocenters. The van der Waals surface area contributed by atoms with Gasteiger partial charge in [-0.05, 0) is 19.1 Å². The van der Waals surface area contributed by atoms with Crippen LogP contribution in [0.25, 0.3) is 10.6 Å². The van der Waals surface area contributed by atoms with Crippen LogP contribution in [0.1, 0.15) is 10.7 Å². The molecule has 17 heavy (non-hydrogen) atoms. The predicted molar refractivity (Wildman–Crippen MR) is 59.5 cm³/mol. The zero-order valence-corrected chi connectivity index (χ0v) is 9.56. The smallest absolute Gasteiger partial charge is 0.397 e. The highest BCUT2D eigenvalue weighted by Gasteiger charge is 2.34. The van der Waals surface area contributed by atoms with E-state index in [0.29, 0.717) is 33.3 Å². The fourth-order valence-electron chi connectivity index (χ4n) is 1.23. The van der Waals surface area contributed by atoms with Crippen LogP contribution in [0.4, 0.5) is 18.9 Å². The Kier molecular flexibility index (Phi) is 2.78. The molecule has 0 unspecified atom stereocenters. The molecule has 2 heterocycles. The van der Waals surface area contributed by atoms with Crippen molar-refractivity contribution in [2.24, 2.45) is 0 Å². The fraction of sp³-hybridized carbons (Fsp3) is 0.200. The Labute approximate surface area is 99.1 Å². The summed E-state index contributed by atoms with van der Waals surface area (Å²) in [5.41, 5.74) is 7.13. The first-order chi connectivity index (χ1) is 7.88. The maximum Gasteiger partial charge on any atom is 0.443 e. The molecule has 0 radical (unpaired) electrons. The Balaban J connectivity index is 2.40. The molecule has 0 aliphatic rings. The zero-order chi connectivity index (χ0) is 12.6. The van der Waals surface area contributed by atoms with Crippen LogP contribution in [0.15, 0.2) is 18.3 Å². The van der Waals surface area contributed by atoms with Gasteiger partial charge in [-0.25, -0.2) is 4.98 Å². The standard InChI is InChI=1S/C10H8F3N3S/c1-5-6(14)2-3-7(16-5)8-4-15-9(17-8)10(11,12)13/h2-4H,14H2,1H3. The first-order valence-electron chi connectivity index (χ1n) is 4.64. The van der Waals surface area contributed by atoms with Crippen LogP contribution in [0.3, 0.4) is 0 Å². The molecule has 0 amide bonds. The number of halogens is 3. The van der Waals surface area contributed by atoms with Gasteiger partial charge in [0, 0.05) is 6.20 Å². The molecule has 0 saturated heterocycles. The van der Waals surface area contributed by atoms with Gasteiger partial charge in [-0.1, -0.05) is 0 Å². The summed E-state index contributed by atoms with van der Waals surface area (Å²) in [6, 6.07) is 3.20. The van der Waals surface area contributed by atoms with E-state index in [1.165, 1.54) is 6.20 Å². The Morgan fingerprint density at radius 3 is 2.53 bits per heavy atom. The molecular formula is C10H8F3N3S. The molecule has 0 aliphatic carbocycles. The Morgan fingerprint density at radius 1 is 1.29 bits per heavy atom. The molecule has 2 aromatic rings. The Morgan fingerprint density at radius 2 is 2.00 bits per heavy atom. The summed E-state index contributed by atoms with van der Waals surface area (Å²) in [4.78, 5) is 7.83. The van der Waals surface area contributed by atoms with Crippen molar-refractivity contribution in [3.8, 4) is 10.6 Å². The summed E-state index contributed by atoms with van der Waals surface area (Å²) in [5, 5.41) is -0.872. The van der Waals surface area contributed by atoms with Crippen molar-refractivity contribution in [2.45, 2.75) is 13.1 Å². The van der Waals surface area contributed by atoms with E-state index >= 15 is 0 Å². The number of pyridine rings is 1. The van der Waals surface area contributed by atoms with Crippen molar-refractivity contribution < 1.29 is 13.2 Å². The van der Waals surface area contributed by atoms with Crippen LogP contribution in [0, 0.1) is 6.92 Å². The van der Waals surface area contributed by atoms with E-state index in [4.69, 9.17) is 5.73 Å². The van der Waals surface area contributed by atoms with Gasteiger partial charge in [-0.2, -0.15) is 13.2 Å². The number of hydrogen-bond acceptors (Lipinski definition) is 4. The van der Waals surface area contributed by atoms with E-state index < -0.39 is 11.2 Å². The Hall–Kier alpha value is -1.63. The van der Waals surface area contributed by atoms with Gasteiger partial charge >= 0.3 is 6.18 Å². The van der Waals surface area contributed by atoms with E-state index in [1.54, 1.807) is 19.1 Å². The number of thiazole rings is 1. The molecule has 0 spiro atoms. The van der Waals surface area contributed by atoms with Gasteiger partial charge in [0.25, 0.3) is 0 Å². The number of rotatable bonds is 1. The van der Waals surface area contributed by atoms with Gasteiger partial charge in [0.15, 0.2) is 5.01 Å². The Bertz CT molecular complexity index is 548. The number of aryl methyl sites for hydroxylation is 1. The first kappa shape index (κ1) is 11.8. The van der Waals surface area contributed by atoms with Crippen LogP contribution in [-0.4, -0.2) is 9.97 Å². The number of aromatic nitrogens is 2. The highest BCUT2D eigenvalue weighted by molar-refractivity contribution is 7.15. The number of hydrogen-bond donors (Lipinski definition) is 1. The summed E-state index contributed by atoms with van der Waals surface area (Å²) in [5.74, 6) is 0. The van der Waals surface area contributed by atoms with E-state index in [0.717, 1.165) is 0 Å². The van der Waals surface area contributed by atoms with E-state index in [2.05, 4.69) is 9.97 Å². The maximum atomic E-state index is 12.4. The van der Waals surface area contributed by atoms with Crippen LogP contribution >= 0.6 is 11.3 Å². The average Bonchev–Trinajstić information content (AvgIpc) is 2.70. The molecular weight excluding hydrogens is 251 g/mol. The summed E-state index contributed by atoms with van der Waals surface area (Å²) < 4.78 is 37.1. The van der Waals surface area contributed by atoms with Crippen molar-refractivity contribution in [3.05, 3.63) is 29.0 Å². The third kappa shape index (κ3) is 2.38. The molecule has 0 aliphatic heterocycles. The predicted octanol–water partition coefficient (Wildman–Crippen LogP) is 3.11. The van der Waals surface area contributed by atoms with Crippen LogP contribution in [-0.2, 0) is 6.18 Å². The van der Waals surface area contributed by atoms with E-state index in [9.17, 15) is 13.2 Å². The molecule has 0 saturated carbocycles. The van der Waals surface area contributed by atoms with Gasteiger partial charge in [0.05, 0.1) is 22.0 Å². The van der Waals surface area contributed by atoms with Gasteiger partial charge in [-0.3, -0.25) is 4.98 Å². The van der Waals surface area contributed by atoms with Crippen LogP contribution in [0.5, 0.6) is 0 Å². The maximum absolute atomic E-state index is 12.4. The molecule has 0 fully saturated rings. The first-order valence-corrected chi connectivity index (χ1v) is 5.46. The molecule has 2 rings (SSSR count).